The first-order chi connectivity index (χ1) is 14.8. The average Bonchev–Trinajstić information content (AvgIpc) is 3.08. The van der Waals surface area contributed by atoms with Crippen LogP contribution in [0.1, 0.15) is 26.1 Å². The molecular formula is C21H26ClN5O4. The van der Waals surface area contributed by atoms with Gasteiger partial charge in [0, 0.05) is 43.8 Å². The summed E-state index contributed by atoms with van der Waals surface area (Å²) in [6.45, 7) is 5.12. The van der Waals surface area contributed by atoms with Gasteiger partial charge in [-0.2, -0.15) is 0 Å². The van der Waals surface area contributed by atoms with E-state index in [1.54, 1.807) is 35.9 Å². The number of methoxy groups -OCH3 is 1. The molecule has 3 aromatic rings. The Balaban J connectivity index is 1.91. The van der Waals surface area contributed by atoms with E-state index in [2.05, 4.69) is 15.3 Å². The number of amides is 1. The number of H-pyrrole nitrogens is 1. The van der Waals surface area contributed by atoms with Gasteiger partial charge in [0.05, 0.1) is 6.61 Å². The largest absolute Gasteiger partial charge is 0.383 e. The van der Waals surface area contributed by atoms with Gasteiger partial charge < -0.3 is 14.6 Å². The zero-order valence-electron chi connectivity index (χ0n) is 17.8. The summed E-state index contributed by atoms with van der Waals surface area (Å²) in [6.07, 6.45) is 0.457. The van der Waals surface area contributed by atoms with Gasteiger partial charge in [-0.05, 0) is 30.2 Å². The smallest absolute Gasteiger partial charge is 0.330 e. The fourth-order valence-electron chi connectivity index (χ4n) is 3.35. The molecule has 2 N–H and O–H groups in total. The third-order valence-electron chi connectivity index (χ3n) is 4.73. The molecule has 0 fully saturated rings. The van der Waals surface area contributed by atoms with E-state index in [4.69, 9.17) is 16.3 Å². The van der Waals surface area contributed by atoms with E-state index in [0.717, 1.165) is 0 Å². The molecule has 0 bridgehead atoms. The molecule has 3 rings (SSSR count). The molecular weight excluding hydrogens is 422 g/mol. The Bertz CT molecular complexity index is 1180. The van der Waals surface area contributed by atoms with Gasteiger partial charge in [0.15, 0.2) is 11.2 Å². The maximum absolute atomic E-state index is 12.6. The van der Waals surface area contributed by atoms with E-state index in [0.29, 0.717) is 53.8 Å². The van der Waals surface area contributed by atoms with Crippen molar-refractivity contribution >= 4 is 34.4 Å². The first-order valence-corrected chi connectivity index (χ1v) is 10.4. The fourth-order valence-corrected chi connectivity index (χ4v) is 3.47. The topological polar surface area (TPSA) is 111 Å². The highest BCUT2D eigenvalue weighted by Crippen LogP contribution is 2.16. The Morgan fingerprint density at radius 1 is 1.23 bits per heavy atom. The summed E-state index contributed by atoms with van der Waals surface area (Å²) in [5, 5.41) is 3.40. The van der Waals surface area contributed by atoms with Crippen molar-refractivity contribution in [3.8, 4) is 0 Å². The number of nitrogens with one attached hydrogen (secondary N) is 2. The molecule has 9 nitrogen and oxygen atoms in total. The third kappa shape index (κ3) is 5.42. The standard InChI is InChI=1S/C21H26ClN5O4/c1-13(2)12-27-19-18(20(29)25-21(27)30)26(10-11-31-3)16(24-19)8-9-17(28)23-15-6-4-14(22)5-7-15/h4-7,13H,8-12H2,1-3H3,(H,23,28)(H,25,29,30). The zero-order chi connectivity index (χ0) is 22.5. The number of aromatic amines is 1. The first kappa shape index (κ1) is 22.8. The van der Waals surface area contributed by atoms with Crippen LogP contribution in [-0.2, 0) is 29.0 Å². The van der Waals surface area contributed by atoms with Crippen LogP contribution in [0.15, 0.2) is 33.9 Å². The molecule has 2 aromatic heterocycles. The molecule has 0 spiro atoms. The van der Waals surface area contributed by atoms with Gasteiger partial charge in [0.25, 0.3) is 5.56 Å². The number of aromatic nitrogens is 4. The Kier molecular flexibility index (Phi) is 7.29. The monoisotopic (exact) mass is 447 g/mol. The number of halogens is 1. The number of carbonyl (C=O) groups excluding carboxylic acids is 1. The number of anilines is 1. The normalized spacial score (nSPS) is 11.4. The lowest BCUT2D eigenvalue weighted by Gasteiger charge is -2.10. The molecule has 0 aliphatic rings. The number of ether oxygens (including phenoxy) is 1. The highest BCUT2D eigenvalue weighted by atomic mass is 35.5. The maximum Gasteiger partial charge on any atom is 0.330 e. The number of benzene rings is 1. The second kappa shape index (κ2) is 9.93. The van der Waals surface area contributed by atoms with E-state index in [1.165, 1.54) is 4.57 Å². The maximum atomic E-state index is 12.6. The van der Waals surface area contributed by atoms with Gasteiger partial charge in [-0.25, -0.2) is 9.78 Å². The van der Waals surface area contributed by atoms with Crippen molar-refractivity contribution in [2.75, 3.05) is 19.0 Å². The number of rotatable bonds is 9. The number of hydrogen-bond donors (Lipinski definition) is 2. The number of aryl methyl sites for hydroxylation is 1. The van der Waals surface area contributed by atoms with Gasteiger partial charge in [-0.15, -0.1) is 0 Å². The molecule has 1 amide bonds. The predicted molar refractivity (Wildman–Crippen MR) is 120 cm³/mol. The number of imidazole rings is 1. The van der Waals surface area contributed by atoms with Crippen molar-refractivity contribution < 1.29 is 9.53 Å². The van der Waals surface area contributed by atoms with Crippen LogP contribution in [0, 0.1) is 5.92 Å². The second-order valence-corrected chi connectivity index (χ2v) is 8.10. The lowest BCUT2D eigenvalue weighted by Crippen LogP contribution is -2.32. The number of hydrogen-bond acceptors (Lipinski definition) is 5. The van der Waals surface area contributed by atoms with E-state index < -0.39 is 11.2 Å². The molecule has 0 atom stereocenters. The molecule has 0 aliphatic heterocycles. The summed E-state index contributed by atoms with van der Waals surface area (Å²) in [5.74, 6) is 0.539. The van der Waals surface area contributed by atoms with E-state index in [1.807, 2.05) is 13.8 Å². The molecule has 0 radical (unpaired) electrons. The van der Waals surface area contributed by atoms with Gasteiger partial charge in [0.2, 0.25) is 5.91 Å². The Morgan fingerprint density at radius 2 is 1.94 bits per heavy atom. The highest BCUT2D eigenvalue weighted by Gasteiger charge is 2.19. The van der Waals surface area contributed by atoms with Crippen LogP contribution in [0.2, 0.25) is 5.02 Å². The van der Waals surface area contributed by atoms with Crippen molar-refractivity contribution in [1.29, 1.82) is 0 Å². The van der Waals surface area contributed by atoms with Crippen LogP contribution in [0.4, 0.5) is 5.69 Å². The van der Waals surface area contributed by atoms with Crippen molar-refractivity contribution in [3.05, 3.63) is 56.0 Å². The number of carbonyl (C=O) groups is 1. The fraction of sp³-hybridized carbons (Fsp3) is 0.429. The van der Waals surface area contributed by atoms with Gasteiger partial charge in [-0.3, -0.25) is 19.1 Å². The summed E-state index contributed by atoms with van der Waals surface area (Å²) in [6, 6.07) is 6.83. The first-order valence-electron chi connectivity index (χ1n) is 10.1. The van der Waals surface area contributed by atoms with Gasteiger partial charge in [-0.1, -0.05) is 25.4 Å². The van der Waals surface area contributed by atoms with E-state index in [9.17, 15) is 14.4 Å². The van der Waals surface area contributed by atoms with Crippen LogP contribution >= 0.6 is 11.6 Å². The number of nitrogens with zero attached hydrogens (tertiary/aromatic N) is 3. The summed E-state index contributed by atoms with van der Waals surface area (Å²) in [7, 11) is 1.57. The summed E-state index contributed by atoms with van der Waals surface area (Å²) < 4.78 is 8.37. The molecule has 0 saturated carbocycles. The lowest BCUT2D eigenvalue weighted by atomic mass is 10.2. The van der Waals surface area contributed by atoms with Crippen molar-refractivity contribution in [2.24, 2.45) is 5.92 Å². The minimum Gasteiger partial charge on any atom is -0.383 e. The van der Waals surface area contributed by atoms with Crippen LogP contribution < -0.4 is 16.6 Å². The van der Waals surface area contributed by atoms with Crippen LogP contribution in [0.25, 0.3) is 11.2 Å². The highest BCUT2D eigenvalue weighted by molar-refractivity contribution is 6.30. The van der Waals surface area contributed by atoms with Gasteiger partial charge in [0.1, 0.15) is 5.82 Å². The minimum absolute atomic E-state index is 0.158. The predicted octanol–water partition coefficient (Wildman–Crippen LogP) is 2.41. The quantitative estimate of drug-likeness (QED) is 0.523. The van der Waals surface area contributed by atoms with Crippen molar-refractivity contribution in [2.45, 2.75) is 39.8 Å². The van der Waals surface area contributed by atoms with E-state index in [-0.39, 0.29) is 18.2 Å². The molecule has 2 heterocycles. The summed E-state index contributed by atoms with van der Waals surface area (Å²) in [5.41, 5.74) is 0.289. The molecule has 0 saturated heterocycles. The molecule has 31 heavy (non-hydrogen) atoms. The Morgan fingerprint density at radius 3 is 2.58 bits per heavy atom. The molecule has 0 unspecified atom stereocenters. The molecule has 1 aromatic carbocycles. The lowest BCUT2D eigenvalue weighted by molar-refractivity contribution is -0.116. The molecule has 10 heteroatoms. The molecule has 0 aliphatic carbocycles. The SMILES string of the molecule is COCCn1c(CCC(=O)Nc2ccc(Cl)cc2)nc2c1c(=O)[nH]c(=O)n2CC(C)C. The van der Waals surface area contributed by atoms with Crippen LogP contribution in [0.5, 0.6) is 0 Å². The van der Waals surface area contributed by atoms with Crippen molar-refractivity contribution in [3.63, 3.8) is 0 Å². The summed E-state index contributed by atoms with van der Waals surface area (Å²) >= 11 is 5.87. The Labute approximate surface area is 184 Å². The van der Waals surface area contributed by atoms with Crippen LogP contribution in [-0.4, -0.2) is 38.7 Å². The zero-order valence-corrected chi connectivity index (χ0v) is 18.5. The summed E-state index contributed by atoms with van der Waals surface area (Å²) in [4.78, 5) is 44.3. The van der Waals surface area contributed by atoms with Gasteiger partial charge >= 0.3 is 5.69 Å². The average molecular weight is 448 g/mol. The Hall–Kier alpha value is -2.91. The molecule has 166 valence electrons. The van der Waals surface area contributed by atoms with Crippen LogP contribution in [0.3, 0.4) is 0 Å². The van der Waals surface area contributed by atoms with Crippen molar-refractivity contribution in [1.82, 2.24) is 19.1 Å². The number of fused-ring (bicyclic) bond motifs is 1. The second-order valence-electron chi connectivity index (χ2n) is 7.66. The van der Waals surface area contributed by atoms with E-state index >= 15 is 0 Å². The third-order valence-corrected chi connectivity index (χ3v) is 4.99. The minimum atomic E-state index is -0.500.